The molecule has 1 aromatic carbocycles. The number of likely N-dealkylation sites (N-methyl/N-ethyl adjacent to an activating group) is 1. The van der Waals surface area contributed by atoms with Crippen molar-refractivity contribution in [3.05, 3.63) is 23.8 Å². The zero-order valence-electron chi connectivity index (χ0n) is 14.1. The first-order chi connectivity index (χ1) is 11.0. The van der Waals surface area contributed by atoms with Crippen LogP contribution in [-0.4, -0.2) is 70.7 Å². The van der Waals surface area contributed by atoms with Gasteiger partial charge in [-0.3, -0.25) is 0 Å². The van der Waals surface area contributed by atoms with Gasteiger partial charge in [-0.05, 0) is 37.2 Å². The van der Waals surface area contributed by atoms with E-state index in [9.17, 15) is 8.42 Å². The zero-order valence-corrected chi connectivity index (χ0v) is 14.9. The summed E-state index contributed by atoms with van der Waals surface area (Å²) in [5.41, 5.74) is 0.814. The molecule has 1 heterocycles. The molecule has 0 aromatic heterocycles. The molecule has 0 aliphatic carbocycles. The van der Waals surface area contributed by atoms with E-state index in [1.165, 1.54) is 0 Å². The van der Waals surface area contributed by atoms with Crippen molar-refractivity contribution in [1.82, 2.24) is 9.21 Å². The summed E-state index contributed by atoms with van der Waals surface area (Å²) >= 11 is 0. The van der Waals surface area contributed by atoms with Gasteiger partial charge in [-0.15, -0.1) is 0 Å². The average molecular weight is 342 g/mol. The van der Waals surface area contributed by atoms with Gasteiger partial charge < -0.3 is 14.4 Å². The number of methoxy groups -OCH3 is 1. The molecule has 7 heteroatoms. The molecule has 23 heavy (non-hydrogen) atoms. The lowest BCUT2D eigenvalue weighted by Gasteiger charge is -2.33. The van der Waals surface area contributed by atoms with Crippen molar-refractivity contribution in [1.29, 1.82) is 0 Å². The lowest BCUT2D eigenvalue weighted by molar-refractivity contribution is 0.146. The molecule has 0 spiro atoms. The molecular weight excluding hydrogens is 316 g/mol. The predicted octanol–water partition coefficient (Wildman–Crippen LogP) is 1.35. The van der Waals surface area contributed by atoms with E-state index in [0.717, 1.165) is 25.2 Å². The van der Waals surface area contributed by atoms with E-state index >= 15 is 0 Å². The number of aryl methyl sites for hydroxylation is 1. The van der Waals surface area contributed by atoms with Gasteiger partial charge in [0.15, 0.2) is 0 Å². The molecule has 1 saturated heterocycles. The molecule has 0 amide bonds. The van der Waals surface area contributed by atoms with Gasteiger partial charge in [0.05, 0.1) is 11.5 Å². The number of hydrogen-bond acceptors (Lipinski definition) is 5. The first-order valence-electron chi connectivity index (χ1n) is 7.94. The fourth-order valence-corrected chi connectivity index (χ4v) is 4.12. The second-order valence-electron chi connectivity index (χ2n) is 5.61. The van der Waals surface area contributed by atoms with Crippen LogP contribution < -0.4 is 4.74 Å². The Kier molecular flexibility index (Phi) is 6.41. The van der Waals surface area contributed by atoms with E-state index in [-0.39, 0.29) is 0 Å². The molecule has 0 bridgehead atoms. The quantitative estimate of drug-likeness (QED) is 0.700. The number of benzene rings is 1. The van der Waals surface area contributed by atoms with E-state index in [1.807, 2.05) is 6.92 Å². The minimum atomic E-state index is -3.43. The zero-order chi connectivity index (χ0) is 16.9. The van der Waals surface area contributed by atoms with E-state index < -0.39 is 10.0 Å². The molecule has 1 aromatic rings. The molecule has 0 unspecified atom stereocenters. The number of sulfonamides is 1. The van der Waals surface area contributed by atoms with Gasteiger partial charge in [0, 0.05) is 33.3 Å². The van der Waals surface area contributed by atoms with Crippen LogP contribution in [0.4, 0.5) is 0 Å². The van der Waals surface area contributed by atoms with Crippen LogP contribution in [0.1, 0.15) is 12.5 Å². The van der Waals surface area contributed by atoms with Gasteiger partial charge in [-0.25, -0.2) is 8.42 Å². The highest BCUT2D eigenvalue weighted by Crippen LogP contribution is 2.24. The topological polar surface area (TPSA) is 59.1 Å². The van der Waals surface area contributed by atoms with Gasteiger partial charge in [-0.2, -0.15) is 4.31 Å². The molecule has 0 saturated carbocycles. The Morgan fingerprint density at radius 1 is 1.13 bits per heavy atom. The van der Waals surface area contributed by atoms with Crippen LogP contribution in [0.5, 0.6) is 5.75 Å². The fourth-order valence-electron chi connectivity index (χ4n) is 2.61. The number of ether oxygens (including phenoxy) is 2. The van der Waals surface area contributed by atoms with Crippen molar-refractivity contribution < 1.29 is 17.9 Å². The third-order valence-electron chi connectivity index (χ3n) is 4.11. The number of piperazine rings is 1. The Bertz CT molecular complexity index is 611. The van der Waals surface area contributed by atoms with Crippen molar-refractivity contribution in [2.45, 2.75) is 18.7 Å². The SMILES string of the molecule is CCN1CCN(S(=O)(=O)c2ccc(OCCOC)c(C)c2)CC1. The number of hydrogen-bond donors (Lipinski definition) is 0. The summed E-state index contributed by atoms with van der Waals surface area (Å²) in [5.74, 6) is 0.691. The summed E-state index contributed by atoms with van der Waals surface area (Å²) in [6.07, 6.45) is 0. The first kappa shape index (κ1) is 18.2. The largest absolute Gasteiger partial charge is 0.491 e. The van der Waals surface area contributed by atoms with Crippen molar-refractivity contribution in [3.8, 4) is 5.75 Å². The van der Waals surface area contributed by atoms with Gasteiger partial charge >= 0.3 is 0 Å². The summed E-state index contributed by atoms with van der Waals surface area (Å²) in [6, 6.07) is 5.03. The minimum Gasteiger partial charge on any atom is -0.491 e. The van der Waals surface area contributed by atoms with Crippen molar-refractivity contribution in [2.24, 2.45) is 0 Å². The Morgan fingerprint density at radius 3 is 2.39 bits per heavy atom. The molecule has 0 atom stereocenters. The Balaban J connectivity index is 2.09. The van der Waals surface area contributed by atoms with Crippen LogP contribution >= 0.6 is 0 Å². The van der Waals surface area contributed by atoms with E-state index in [2.05, 4.69) is 11.8 Å². The monoisotopic (exact) mass is 342 g/mol. The third kappa shape index (κ3) is 4.44. The van der Waals surface area contributed by atoms with E-state index in [1.54, 1.807) is 29.6 Å². The van der Waals surface area contributed by atoms with Crippen LogP contribution in [0, 0.1) is 6.92 Å². The summed E-state index contributed by atoms with van der Waals surface area (Å²) in [4.78, 5) is 2.59. The van der Waals surface area contributed by atoms with Crippen molar-refractivity contribution in [3.63, 3.8) is 0 Å². The average Bonchev–Trinajstić information content (AvgIpc) is 2.56. The Morgan fingerprint density at radius 2 is 1.83 bits per heavy atom. The number of nitrogens with zero attached hydrogens (tertiary/aromatic N) is 2. The Labute approximate surface area is 139 Å². The molecular formula is C16H26N2O4S. The molecule has 1 aliphatic heterocycles. The summed E-state index contributed by atoms with van der Waals surface area (Å²) < 4.78 is 37.6. The number of rotatable bonds is 7. The first-order valence-corrected chi connectivity index (χ1v) is 9.38. The maximum Gasteiger partial charge on any atom is 0.243 e. The molecule has 1 aliphatic rings. The second kappa shape index (κ2) is 8.10. The highest BCUT2D eigenvalue weighted by atomic mass is 32.2. The molecule has 2 rings (SSSR count). The second-order valence-corrected chi connectivity index (χ2v) is 7.54. The van der Waals surface area contributed by atoms with Crippen LogP contribution in [-0.2, 0) is 14.8 Å². The Hall–Kier alpha value is -1.15. The lowest BCUT2D eigenvalue weighted by Crippen LogP contribution is -2.48. The highest BCUT2D eigenvalue weighted by Gasteiger charge is 2.28. The standard InChI is InChI=1S/C16H26N2O4S/c1-4-17-7-9-18(10-8-17)23(19,20)15-5-6-16(14(2)13-15)22-12-11-21-3/h5-6,13H,4,7-12H2,1-3H3. The van der Waals surface area contributed by atoms with Gasteiger partial charge in [0.2, 0.25) is 10.0 Å². The fraction of sp³-hybridized carbons (Fsp3) is 0.625. The van der Waals surface area contributed by atoms with Crippen LogP contribution in [0.15, 0.2) is 23.1 Å². The smallest absolute Gasteiger partial charge is 0.243 e. The minimum absolute atomic E-state index is 0.332. The van der Waals surface area contributed by atoms with Crippen LogP contribution in [0.3, 0.4) is 0 Å². The van der Waals surface area contributed by atoms with Crippen molar-refractivity contribution >= 4 is 10.0 Å². The summed E-state index contributed by atoms with van der Waals surface area (Å²) in [6.45, 7) is 8.51. The molecule has 130 valence electrons. The molecule has 1 fully saturated rings. The molecule has 0 N–H and O–H groups in total. The summed E-state index contributed by atoms with van der Waals surface area (Å²) in [7, 11) is -1.82. The molecule has 6 nitrogen and oxygen atoms in total. The third-order valence-corrected chi connectivity index (χ3v) is 6.00. The van der Waals surface area contributed by atoms with E-state index in [0.29, 0.717) is 36.9 Å². The normalized spacial score (nSPS) is 17.3. The molecule has 0 radical (unpaired) electrons. The van der Waals surface area contributed by atoms with Crippen LogP contribution in [0.25, 0.3) is 0 Å². The maximum atomic E-state index is 12.8. The van der Waals surface area contributed by atoms with Crippen LogP contribution in [0.2, 0.25) is 0 Å². The summed E-state index contributed by atoms with van der Waals surface area (Å²) in [5, 5.41) is 0. The van der Waals surface area contributed by atoms with Gasteiger partial charge in [-0.1, -0.05) is 6.92 Å². The van der Waals surface area contributed by atoms with Gasteiger partial charge in [0.1, 0.15) is 12.4 Å². The van der Waals surface area contributed by atoms with Gasteiger partial charge in [0.25, 0.3) is 0 Å². The predicted molar refractivity (Wildman–Crippen MR) is 89.4 cm³/mol. The van der Waals surface area contributed by atoms with Crippen molar-refractivity contribution in [2.75, 3.05) is 53.0 Å². The maximum absolute atomic E-state index is 12.8. The highest BCUT2D eigenvalue weighted by molar-refractivity contribution is 7.89. The van der Waals surface area contributed by atoms with E-state index in [4.69, 9.17) is 9.47 Å². The lowest BCUT2D eigenvalue weighted by atomic mass is 10.2.